The maximum atomic E-state index is 11.9. The Hall–Kier alpha value is -2.62. The van der Waals surface area contributed by atoms with Crippen LogP contribution in [0.15, 0.2) is 33.5 Å². The van der Waals surface area contributed by atoms with E-state index in [-0.39, 0.29) is 11.3 Å². The number of amides is 1. The van der Waals surface area contributed by atoms with Gasteiger partial charge in [-0.2, -0.15) is 0 Å². The first-order valence-electron chi connectivity index (χ1n) is 11.8. The van der Waals surface area contributed by atoms with E-state index < -0.39 is 79.5 Å². The van der Waals surface area contributed by atoms with Crippen LogP contribution >= 0.6 is 0 Å². The number of ether oxygens (including phenoxy) is 4. The van der Waals surface area contributed by atoms with Gasteiger partial charge in [-0.1, -0.05) is 0 Å². The lowest BCUT2D eigenvalue weighted by atomic mass is 9.95. The SMILES string of the molecule is CC(=O)N[C@@H]1[C@H](Oc2ccc3c(C)cc(=O)oc3c2)O[C@H](CO)[C@H](O[C@@H]2O[C@H](C)[C@H](O)[C@H](O)[C@H]2O)[C@H]1O. The van der Waals surface area contributed by atoms with Crippen molar-refractivity contribution in [2.24, 2.45) is 0 Å². The monoisotopic (exact) mass is 525 g/mol. The summed E-state index contributed by atoms with van der Waals surface area (Å²) in [5, 5.41) is 54.7. The van der Waals surface area contributed by atoms with Gasteiger partial charge in [0.05, 0.1) is 12.7 Å². The first kappa shape index (κ1) is 27.4. The van der Waals surface area contributed by atoms with Gasteiger partial charge in [0.2, 0.25) is 12.2 Å². The molecule has 3 heterocycles. The summed E-state index contributed by atoms with van der Waals surface area (Å²) in [6.45, 7) is 3.79. The lowest BCUT2D eigenvalue weighted by molar-refractivity contribution is -0.339. The summed E-state index contributed by atoms with van der Waals surface area (Å²) in [5.74, 6) is -0.328. The van der Waals surface area contributed by atoms with Gasteiger partial charge >= 0.3 is 5.63 Å². The van der Waals surface area contributed by atoms with Gasteiger partial charge < -0.3 is 54.2 Å². The predicted octanol–water partition coefficient (Wildman–Crippen LogP) is -1.72. The Morgan fingerprint density at radius 3 is 2.43 bits per heavy atom. The molecule has 0 spiro atoms. The molecular formula is C24H31NO12. The van der Waals surface area contributed by atoms with Crippen LogP contribution in [0.5, 0.6) is 5.75 Å². The Balaban J connectivity index is 1.58. The third-order valence-electron chi connectivity index (χ3n) is 6.50. The third-order valence-corrected chi connectivity index (χ3v) is 6.50. The van der Waals surface area contributed by atoms with Gasteiger partial charge in [0.1, 0.15) is 54.0 Å². The van der Waals surface area contributed by atoms with Crippen LogP contribution in [0.25, 0.3) is 11.0 Å². The van der Waals surface area contributed by atoms with Crippen LogP contribution < -0.4 is 15.7 Å². The van der Waals surface area contributed by atoms with E-state index in [1.54, 1.807) is 19.1 Å². The summed E-state index contributed by atoms with van der Waals surface area (Å²) in [4.78, 5) is 23.7. The molecule has 204 valence electrons. The van der Waals surface area contributed by atoms with Gasteiger partial charge in [0.15, 0.2) is 6.29 Å². The number of carbonyl (C=O) groups excluding carboxylic acids is 1. The van der Waals surface area contributed by atoms with Crippen LogP contribution in [-0.2, 0) is 19.0 Å². The first-order valence-corrected chi connectivity index (χ1v) is 11.8. The van der Waals surface area contributed by atoms with Crippen molar-refractivity contribution in [3.8, 4) is 5.75 Å². The van der Waals surface area contributed by atoms with E-state index >= 15 is 0 Å². The molecule has 0 radical (unpaired) electrons. The van der Waals surface area contributed by atoms with Crippen molar-refractivity contribution in [2.75, 3.05) is 6.61 Å². The van der Waals surface area contributed by atoms with Crippen LogP contribution in [0.4, 0.5) is 0 Å². The lowest BCUT2D eigenvalue weighted by Gasteiger charge is -2.46. The van der Waals surface area contributed by atoms with Crippen molar-refractivity contribution in [2.45, 2.75) is 82.1 Å². The molecule has 13 nitrogen and oxygen atoms in total. The van der Waals surface area contributed by atoms with Gasteiger partial charge in [-0.05, 0) is 31.5 Å². The molecule has 2 fully saturated rings. The number of aliphatic hydroxyl groups is 5. The highest BCUT2D eigenvalue weighted by molar-refractivity contribution is 5.81. The number of fused-ring (bicyclic) bond motifs is 1. The summed E-state index contributed by atoms with van der Waals surface area (Å²) in [5.41, 5.74) is 0.424. The van der Waals surface area contributed by atoms with E-state index in [0.29, 0.717) is 10.9 Å². The van der Waals surface area contributed by atoms with Crippen molar-refractivity contribution in [3.63, 3.8) is 0 Å². The average Bonchev–Trinajstić information content (AvgIpc) is 2.84. The molecule has 37 heavy (non-hydrogen) atoms. The second-order valence-corrected chi connectivity index (χ2v) is 9.25. The Kier molecular flexibility index (Phi) is 8.16. The molecule has 2 saturated heterocycles. The molecule has 0 aliphatic carbocycles. The molecule has 6 N–H and O–H groups in total. The largest absolute Gasteiger partial charge is 0.462 e. The zero-order valence-electron chi connectivity index (χ0n) is 20.4. The number of rotatable bonds is 6. The van der Waals surface area contributed by atoms with E-state index in [2.05, 4.69) is 5.32 Å². The highest BCUT2D eigenvalue weighted by atomic mass is 16.7. The highest BCUT2D eigenvalue weighted by Gasteiger charge is 2.51. The number of nitrogens with one attached hydrogen (secondary N) is 1. The fourth-order valence-electron chi connectivity index (χ4n) is 4.52. The third kappa shape index (κ3) is 5.63. The van der Waals surface area contributed by atoms with E-state index in [9.17, 15) is 35.1 Å². The molecule has 10 atom stereocenters. The molecule has 2 aliphatic rings. The second kappa shape index (κ2) is 11.0. The number of aliphatic hydroxyl groups excluding tert-OH is 5. The molecule has 1 aromatic carbocycles. The van der Waals surface area contributed by atoms with Crippen molar-refractivity contribution in [1.82, 2.24) is 5.32 Å². The molecule has 0 saturated carbocycles. The van der Waals surface area contributed by atoms with Crippen LogP contribution in [0.3, 0.4) is 0 Å². The Bertz CT molecular complexity index is 1170. The normalized spacial score (nSPS) is 36.3. The van der Waals surface area contributed by atoms with E-state index in [0.717, 1.165) is 0 Å². The van der Waals surface area contributed by atoms with E-state index in [1.807, 2.05) is 0 Å². The van der Waals surface area contributed by atoms with Gasteiger partial charge in [-0.15, -0.1) is 0 Å². The molecule has 2 aliphatic heterocycles. The van der Waals surface area contributed by atoms with Crippen molar-refractivity contribution < 1.29 is 53.7 Å². The fraction of sp³-hybridized carbons (Fsp3) is 0.583. The van der Waals surface area contributed by atoms with Crippen LogP contribution in [0, 0.1) is 6.92 Å². The standard InChI is InChI=1S/C24H31NO12/c1-9-6-16(28)35-14-7-12(4-5-13(9)14)34-23-17(25-11(3)27)19(30)22(15(8-26)36-23)37-24-21(32)20(31)18(29)10(2)33-24/h4-7,10,15,17-24,26,29-32H,8H2,1-3H3,(H,25,27)/t10-,15-,17+,18+,19+,20+,21-,22+,23-,24+/m1/s1. The predicted molar refractivity (Wildman–Crippen MR) is 124 cm³/mol. The smallest absolute Gasteiger partial charge is 0.336 e. The number of hydrogen-bond donors (Lipinski definition) is 6. The zero-order valence-corrected chi connectivity index (χ0v) is 20.4. The molecule has 13 heteroatoms. The maximum Gasteiger partial charge on any atom is 0.336 e. The molecular weight excluding hydrogens is 494 g/mol. The number of benzene rings is 1. The van der Waals surface area contributed by atoms with Crippen LogP contribution in [0.1, 0.15) is 19.4 Å². The molecule has 2 aromatic rings. The van der Waals surface area contributed by atoms with Gasteiger partial charge in [0.25, 0.3) is 0 Å². The van der Waals surface area contributed by atoms with Gasteiger partial charge in [0, 0.05) is 24.4 Å². The summed E-state index contributed by atoms with van der Waals surface area (Å²) < 4.78 is 28.1. The molecule has 1 amide bonds. The lowest BCUT2D eigenvalue weighted by Crippen LogP contribution is -2.67. The zero-order chi connectivity index (χ0) is 27.0. The summed E-state index contributed by atoms with van der Waals surface area (Å²) in [6.07, 6.45) is -12.4. The number of carbonyl (C=O) groups is 1. The first-order chi connectivity index (χ1) is 17.5. The maximum absolute atomic E-state index is 11.9. The number of hydrogen-bond acceptors (Lipinski definition) is 12. The Morgan fingerprint density at radius 2 is 1.76 bits per heavy atom. The highest BCUT2D eigenvalue weighted by Crippen LogP contribution is 2.31. The van der Waals surface area contributed by atoms with Crippen LogP contribution in [-0.4, -0.2) is 99.4 Å². The van der Waals surface area contributed by atoms with Gasteiger partial charge in [-0.3, -0.25) is 4.79 Å². The minimum Gasteiger partial charge on any atom is -0.462 e. The van der Waals surface area contributed by atoms with E-state index in [4.69, 9.17) is 23.4 Å². The Morgan fingerprint density at radius 1 is 1.03 bits per heavy atom. The molecule has 0 unspecified atom stereocenters. The summed E-state index contributed by atoms with van der Waals surface area (Å²) >= 11 is 0. The average molecular weight is 526 g/mol. The van der Waals surface area contributed by atoms with Crippen molar-refractivity contribution >= 4 is 16.9 Å². The molecule has 1 aromatic heterocycles. The van der Waals surface area contributed by atoms with Gasteiger partial charge in [-0.25, -0.2) is 4.79 Å². The van der Waals surface area contributed by atoms with Crippen molar-refractivity contribution in [3.05, 3.63) is 40.2 Å². The van der Waals surface area contributed by atoms with E-state index in [1.165, 1.54) is 26.0 Å². The summed E-state index contributed by atoms with van der Waals surface area (Å²) in [7, 11) is 0. The molecule has 4 rings (SSSR count). The minimum absolute atomic E-state index is 0.196. The number of aryl methyl sites for hydroxylation is 1. The topological polar surface area (TPSA) is 197 Å². The summed E-state index contributed by atoms with van der Waals surface area (Å²) in [6, 6.07) is 4.87. The van der Waals surface area contributed by atoms with Crippen molar-refractivity contribution in [1.29, 1.82) is 0 Å². The quantitative estimate of drug-likeness (QED) is 0.234. The fourth-order valence-corrected chi connectivity index (χ4v) is 4.52. The second-order valence-electron chi connectivity index (χ2n) is 9.25. The van der Waals surface area contributed by atoms with Crippen LogP contribution in [0.2, 0.25) is 0 Å². The molecule has 0 bridgehead atoms. The Labute approximate surface area is 211 Å². The minimum atomic E-state index is -1.67.